The number of nitrogens with one attached hydrogen (secondary N) is 1. The van der Waals surface area contributed by atoms with Gasteiger partial charge in [0.25, 0.3) is 7.82 Å². The van der Waals surface area contributed by atoms with E-state index in [1.165, 1.54) is 180 Å². The number of rotatable bonds is 66. The Morgan fingerprint density at radius 1 is 0.419 bits per heavy atom. The number of hydrogen-bond donors (Lipinski definition) is 2. The summed E-state index contributed by atoms with van der Waals surface area (Å²) in [7, 11) is 1.28. The number of carbonyl (C=O) groups is 1. The average molecular weight is 1220 g/mol. The molecule has 9 heteroatoms. The third kappa shape index (κ3) is 68.6. The molecule has 3 unspecified atom stereocenters. The molecule has 3 atom stereocenters. The third-order valence-electron chi connectivity index (χ3n) is 16.0. The quantitative estimate of drug-likeness (QED) is 0.0272. The molecule has 0 aliphatic heterocycles. The molecule has 0 spiro atoms. The molecule has 1 amide bonds. The summed E-state index contributed by atoms with van der Waals surface area (Å²) >= 11 is 0. The van der Waals surface area contributed by atoms with Crippen molar-refractivity contribution in [1.82, 2.24) is 5.32 Å². The molecule has 0 heterocycles. The Bertz CT molecular complexity index is 1770. The Kier molecular flexibility index (Phi) is 64.4. The van der Waals surface area contributed by atoms with Gasteiger partial charge in [-0.1, -0.05) is 342 Å². The molecule has 0 aromatic heterocycles. The minimum atomic E-state index is -4.60. The van der Waals surface area contributed by atoms with Crippen LogP contribution in [0.2, 0.25) is 0 Å². The van der Waals surface area contributed by atoms with E-state index >= 15 is 0 Å². The lowest BCUT2D eigenvalue weighted by atomic mass is 10.0. The highest BCUT2D eigenvalue weighted by molar-refractivity contribution is 7.45. The van der Waals surface area contributed by atoms with Gasteiger partial charge in [0.1, 0.15) is 13.2 Å². The zero-order chi connectivity index (χ0) is 62.6. The SMILES string of the molecule is CC/C=C\C/C=C\C/C=C\C/C=C\C/C=C\C/C=C\C/C=C\C/C=C\C/C=C\CCCCCCCC(=O)NC(COP(=O)([O-])OCC[N+](C)(C)C)C(O)CCCCCCCCCCCCCCCCCCCCCCCCCCCCCCCCC. The second-order valence-corrected chi connectivity index (χ2v) is 27.0. The molecule has 0 aliphatic rings. The predicted octanol–water partition coefficient (Wildman–Crippen LogP) is 22.8. The topological polar surface area (TPSA) is 108 Å². The maximum Gasteiger partial charge on any atom is 0.268 e. The molecular weight excluding hydrogens is 1080 g/mol. The van der Waals surface area contributed by atoms with Crippen molar-refractivity contribution in [2.24, 2.45) is 0 Å². The van der Waals surface area contributed by atoms with Crippen LogP contribution in [0.1, 0.15) is 322 Å². The van der Waals surface area contributed by atoms with E-state index in [4.69, 9.17) is 9.05 Å². The number of allylic oxidation sites excluding steroid dienone is 18. The maximum absolute atomic E-state index is 13.1. The number of hydrogen-bond acceptors (Lipinski definition) is 6. The molecule has 2 N–H and O–H groups in total. The summed E-state index contributed by atoms with van der Waals surface area (Å²) in [6.45, 7) is 4.62. The van der Waals surface area contributed by atoms with Gasteiger partial charge >= 0.3 is 0 Å². The Balaban J connectivity index is 4.12. The van der Waals surface area contributed by atoms with Crippen molar-refractivity contribution in [2.75, 3.05) is 40.9 Å². The van der Waals surface area contributed by atoms with Crippen LogP contribution in [-0.4, -0.2) is 68.5 Å². The van der Waals surface area contributed by atoms with Crippen LogP contribution in [0.15, 0.2) is 109 Å². The van der Waals surface area contributed by atoms with E-state index in [-0.39, 0.29) is 19.1 Å². The van der Waals surface area contributed by atoms with Gasteiger partial charge in [0.2, 0.25) is 5.91 Å². The van der Waals surface area contributed by atoms with Crippen LogP contribution < -0.4 is 10.2 Å². The van der Waals surface area contributed by atoms with E-state index in [2.05, 4.69) is 129 Å². The number of unbranched alkanes of at least 4 members (excludes halogenated alkanes) is 35. The minimum Gasteiger partial charge on any atom is -0.756 e. The van der Waals surface area contributed by atoms with Gasteiger partial charge < -0.3 is 28.8 Å². The van der Waals surface area contributed by atoms with Gasteiger partial charge in [-0.3, -0.25) is 9.36 Å². The lowest BCUT2D eigenvalue weighted by molar-refractivity contribution is -0.870. The zero-order valence-electron chi connectivity index (χ0n) is 57.0. The van der Waals surface area contributed by atoms with Crippen LogP contribution in [0.3, 0.4) is 0 Å². The van der Waals surface area contributed by atoms with Crippen molar-refractivity contribution in [3.63, 3.8) is 0 Å². The molecule has 8 nitrogen and oxygen atoms in total. The fourth-order valence-electron chi connectivity index (χ4n) is 10.4. The van der Waals surface area contributed by atoms with Gasteiger partial charge in [-0.2, -0.15) is 0 Å². The first-order valence-electron chi connectivity index (χ1n) is 36.2. The van der Waals surface area contributed by atoms with E-state index in [0.717, 1.165) is 116 Å². The van der Waals surface area contributed by atoms with Gasteiger partial charge in [-0.25, -0.2) is 0 Å². The molecule has 0 aromatic carbocycles. The van der Waals surface area contributed by atoms with Gasteiger partial charge in [0, 0.05) is 6.42 Å². The Morgan fingerprint density at radius 3 is 1.03 bits per heavy atom. The average Bonchev–Trinajstić information content (AvgIpc) is 3.70. The third-order valence-corrected chi connectivity index (χ3v) is 17.0. The van der Waals surface area contributed by atoms with E-state index < -0.39 is 20.0 Å². The lowest BCUT2D eigenvalue weighted by Gasteiger charge is -2.30. The van der Waals surface area contributed by atoms with Crippen LogP contribution in [0.4, 0.5) is 0 Å². The second kappa shape index (κ2) is 66.6. The first-order chi connectivity index (χ1) is 42.0. The van der Waals surface area contributed by atoms with Gasteiger partial charge in [0.05, 0.1) is 39.9 Å². The molecule has 86 heavy (non-hydrogen) atoms. The summed E-state index contributed by atoms with van der Waals surface area (Å²) in [5.74, 6) is -0.184. The van der Waals surface area contributed by atoms with Crippen LogP contribution in [0.25, 0.3) is 0 Å². The molecule has 0 saturated carbocycles. The van der Waals surface area contributed by atoms with E-state index in [0.29, 0.717) is 23.9 Å². The highest BCUT2D eigenvalue weighted by Gasteiger charge is 2.24. The Morgan fingerprint density at radius 2 is 0.709 bits per heavy atom. The predicted molar refractivity (Wildman–Crippen MR) is 376 cm³/mol. The summed E-state index contributed by atoms with van der Waals surface area (Å²) in [6, 6.07) is -0.822. The minimum absolute atomic E-state index is 0.00289. The summed E-state index contributed by atoms with van der Waals surface area (Å²) in [5.41, 5.74) is 0. The molecular formula is C77H139N2O6P. The lowest BCUT2D eigenvalue weighted by Crippen LogP contribution is -2.46. The zero-order valence-corrected chi connectivity index (χ0v) is 57.9. The number of aliphatic hydroxyl groups is 1. The Hall–Kier alpha value is -2.84. The summed E-state index contributed by atoms with van der Waals surface area (Å²) < 4.78 is 23.5. The summed E-state index contributed by atoms with van der Waals surface area (Å²) in [6.07, 6.45) is 97.4. The number of phosphoric acid groups is 1. The van der Waals surface area contributed by atoms with Crippen molar-refractivity contribution < 1.29 is 32.9 Å². The molecule has 0 radical (unpaired) electrons. The van der Waals surface area contributed by atoms with E-state index in [1.807, 2.05) is 21.1 Å². The number of aliphatic hydroxyl groups excluding tert-OH is 1. The summed E-state index contributed by atoms with van der Waals surface area (Å²) in [4.78, 5) is 25.7. The van der Waals surface area contributed by atoms with Crippen LogP contribution in [0, 0.1) is 0 Å². The monoisotopic (exact) mass is 1220 g/mol. The molecule has 0 aromatic rings. The van der Waals surface area contributed by atoms with Crippen molar-refractivity contribution in [3.05, 3.63) is 109 Å². The number of carbonyl (C=O) groups excluding carboxylic acids is 1. The number of nitrogens with zero attached hydrogens (tertiary/aromatic N) is 1. The molecule has 0 rings (SSSR count). The molecule has 498 valence electrons. The fraction of sp³-hybridized carbons (Fsp3) is 0.753. The van der Waals surface area contributed by atoms with Crippen molar-refractivity contribution in [3.8, 4) is 0 Å². The Labute approximate surface area is 533 Å². The number of amides is 1. The highest BCUT2D eigenvalue weighted by atomic mass is 31.2. The molecule has 0 bridgehead atoms. The van der Waals surface area contributed by atoms with Gasteiger partial charge in [0.15, 0.2) is 0 Å². The van der Waals surface area contributed by atoms with Gasteiger partial charge in [-0.05, 0) is 83.5 Å². The molecule has 0 saturated heterocycles. The molecule has 0 fully saturated rings. The smallest absolute Gasteiger partial charge is 0.268 e. The van der Waals surface area contributed by atoms with Crippen molar-refractivity contribution in [1.29, 1.82) is 0 Å². The summed E-state index contributed by atoms with van der Waals surface area (Å²) in [5, 5.41) is 14.1. The van der Waals surface area contributed by atoms with Crippen LogP contribution >= 0.6 is 7.82 Å². The highest BCUT2D eigenvalue weighted by Crippen LogP contribution is 2.38. The van der Waals surface area contributed by atoms with Crippen molar-refractivity contribution >= 4 is 13.7 Å². The van der Waals surface area contributed by atoms with Gasteiger partial charge in [-0.15, -0.1) is 0 Å². The maximum atomic E-state index is 13.1. The number of quaternary nitrogens is 1. The normalized spacial score (nSPS) is 14.3. The fourth-order valence-corrected chi connectivity index (χ4v) is 11.2. The van der Waals surface area contributed by atoms with E-state index in [1.54, 1.807) is 0 Å². The standard InChI is InChI=1S/C77H139N2O6P/c1-6-8-10-12-14-16-18-20-22-24-26-28-30-32-34-36-38-39-41-43-45-47-49-51-53-55-57-59-61-63-65-67-69-71-77(81)78-75(74-85-86(82,83)84-73-72-79(3,4)5)76(80)70-68-66-64-62-60-58-56-54-52-50-48-46-44-42-40-37-35-33-31-29-27-25-23-21-19-17-15-13-11-9-7-2/h8,10,14,16,20,22,26,28,32,34,38-39,43,45,49,51,55,57,75-76,80H,6-7,9,11-13,15,17-19,21,23-25,27,29-31,33,35-37,40-42,44,46-48,50,52-54,56,58-74H2,1-5H3,(H-,78,81,82,83)/b10-8-,16-14-,22-20-,28-26-,34-32-,39-38-,45-43-,51-49-,57-55-. The van der Waals surface area contributed by atoms with Crippen LogP contribution in [0.5, 0.6) is 0 Å². The first kappa shape index (κ1) is 83.2. The van der Waals surface area contributed by atoms with Crippen LogP contribution in [-0.2, 0) is 18.4 Å². The molecule has 0 aliphatic carbocycles. The number of phosphoric ester groups is 1. The second-order valence-electron chi connectivity index (χ2n) is 25.6. The van der Waals surface area contributed by atoms with E-state index in [9.17, 15) is 19.4 Å². The van der Waals surface area contributed by atoms with Crippen molar-refractivity contribution in [2.45, 2.75) is 334 Å². The first-order valence-corrected chi connectivity index (χ1v) is 37.7. The number of likely N-dealkylation sites (N-methyl/N-ethyl adjacent to an activating group) is 1. The largest absolute Gasteiger partial charge is 0.756 e.